The predicted octanol–water partition coefficient (Wildman–Crippen LogP) is 2.13. The Morgan fingerprint density at radius 1 is 1.44 bits per heavy atom. The molecule has 0 aliphatic heterocycles. The zero-order valence-corrected chi connectivity index (χ0v) is 10.5. The summed E-state index contributed by atoms with van der Waals surface area (Å²) >= 11 is 0. The van der Waals surface area contributed by atoms with Crippen LogP contribution in [0.15, 0.2) is 12.5 Å². The maximum atomic E-state index is 11.8. The number of aromatic nitrogens is 2. The summed E-state index contributed by atoms with van der Waals surface area (Å²) in [4.78, 5) is 4.03. The van der Waals surface area contributed by atoms with Crippen LogP contribution in [0.4, 0.5) is 13.2 Å². The van der Waals surface area contributed by atoms with Crippen molar-refractivity contribution in [3.8, 4) is 0 Å². The molecule has 0 aliphatic rings. The van der Waals surface area contributed by atoms with E-state index in [-0.39, 0.29) is 6.61 Å². The molecule has 1 heterocycles. The van der Waals surface area contributed by atoms with Crippen LogP contribution in [0.2, 0.25) is 0 Å². The first-order valence-corrected chi connectivity index (χ1v) is 5.76. The molecule has 1 rings (SSSR count). The van der Waals surface area contributed by atoms with E-state index < -0.39 is 12.8 Å². The minimum absolute atomic E-state index is 0.0370. The van der Waals surface area contributed by atoms with Crippen LogP contribution < -0.4 is 5.32 Å². The van der Waals surface area contributed by atoms with Crippen molar-refractivity contribution >= 4 is 0 Å². The van der Waals surface area contributed by atoms with Gasteiger partial charge in [-0.2, -0.15) is 13.2 Å². The summed E-state index contributed by atoms with van der Waals surface area (Å²) in [6.45, 7) is 3.86. The van der Waals surface area contributed by atoms with Crippen molar-refractivity contribution in [2.24, 2.45) is 0 Å². The van der Waals surface area contributed by atoms with Gasteiger partial charge in [0, 0.05) is 25.3 Å². The Balaban J connectivity index is 2.16. The van der Waals surface area contributed by atoms with Crippen LogP contribution in [0.5, 0.6) is 0 Å². The maximum absolute atomic E-state index is 11.8. The molecule has 1 aromatic heterocycles. The third-order valence-electron chi connectivity index (χ3n) is 2.30. The number of halogens is 3. The third-order valence-corrected chi connectivity index (χ3v) is 2.30. The van der Waals surface area contributed by atoms with E-state index in [0.717, 1.165) is 5.69 Å². The number of rotatable bonds is 7. The monoisotopic (exact) mass is 265 g/mol. The zero-order valence-electron chi connectivity index (χ0n) is 10.5. The van der Waals surface area contributed by atoms with E-state index in [2.05, 4.69) is 15.0 Å². The lowest BCUT2D eigenvalue weighted by Crippen LogP contribution is -2.24. The Labute approximate surface area is 104 Å². The lowest BCUT2D eigenvalue weighted by Gasteiger charge is -2.12. The molecule has 18 heavy (non-hydrogen) atoms. The minimum atomic E-state index is -4.25. The van der Waals surface area contributed by atoms with Gasteiger partial charge < -0.3 is 14.6 Å². The second-order valence-corrected chi connectivity index (χ2v) is 4.23. The van der Waals surface area contributed by atoms with Crippen molar-refractivity contribution < 1.29 is 17.9 Å². The van der Waals surface area contributed by atoms with E-state index in [4.69, 9.17) is 0 Å². The average molecular weight is 265 g/mol. The van der Waals surface area contributed by atoms with E-state index >= 15 is 0 Å². The number of hydrogen-bond donors (Lipinski definition) is 1. The van der Waals surface area contributed by atoms with Crippen LogP contribution in [0.1, 0.15) is 25.6 Å². The maximum Gasteiger partial charge on any atom is 0.411 e. The van der Waals surface area contributed by atoms with Crippen molar-refractivity contribution in [3.63, 3.8) is 0 Å². The van der Waals surface area contributed by atoms with E-state index in [0.29, 0.717) is 19.1 Å². The molecule has 0 aliphatic carbocycles. The van der Waals surface area contributed by atoms with Gasteiger partial charge >= 0.3 is 6.18 Å². The highest BCUT2D eigenvalue weighted by Gasteiger charge is 2.27. The summed E-state index contributed by atoms with van der Waals surface area (Å²) in [6.07, 6.45) is -0.776. The van der Waals surface area contributed by atoms with Gasteiger partial charge in [-0.1, -0.05) is 0 Å². The second-order valence-electron chi connectivity index (χ2n) is 4.23. The summed E-state index contributed by atoms with van der Waals surface area (Å²) in [5, 5.41) is 3.02. The Morgan fingerprint density at radius 2 is 2.17 bits per heavy atom. The molecule has 0 fully saturated rings. The van der Waals surface area contributed by atoms with Crippen LogP contribution in [0, 0.1) is 0 Å². The molecule has 0 amide bonds. The van der Waals surface area contributed by atoms with Crippen molar-refractivity contribution in [1.29, 1.82) is 0 Å². The van der Waals surface area contributed by atoms with Gasteiger partial charge in [-0.15, -0.1) is 0 Å². The van der Waals surface area contributed by atoms with Crippen molar-refractivity contribution in [2.75, 3.05) is 19.8 Å². The van der Waals surface area contributed by atoms with Crippen LogP contribution in [0.25, 0.3) is 0 Å². The lowest BCUT2D eigenvalue weighted by molar-refractivity contribution is -0.173. The number of nitrogens with zero attached hydrogens (tertiary/aromatic N) is 2. The molecule has 104 valence electrons. The first kappa shape index (κ1) is 15.0. The summed E-state index contributed by atoms with van der Waals surface area (Å²) in [5.41, 5.74) is 1.00. The van der Waals surface area contributed by atoms with Crippen LogP contribution in [-0.4, -0.2) is 35.5 Å². The average Bonchev–Trinajstić information content (AvgIpc) is 2.69. The fourth-order valence-corrected chi connectivity index (χ4v) is 1.48. The molecule has 0 unspecified atom stereocenters. The van der Waals surface area contributed by atoms with Gasteiger partial charge in [0.1, 0.15) is 6.61 Å². The Morgan fingerprint density at radius 3 is 2.78 bits per heavy atom. The van der Waals surface area contributed by atoms with Crippen molar-refractivity contribution in [3.05, 3.63) is 18.2 Å². The SMILES string of the molecule is CC(C)n1cncc1CNCCOCC(F)(F)F. The van der Waals surface area contributed by atoms with Crippen molar-refractivity contribution in [1.82, 2.24) is 14.9 Å². The first-order chi connectivity index (χ1) is 8.40. The highest BCUT2D eigenvalue weighted by atomic mass is 19.4. The molecule has 1 aromatic rings. The third kappa shape index (κ3) is 5.50. The van der Waals surface area contributed by atoms with Crippen molar-refractivity contribution in [2.45, 2.75) is 32.6 Å². The molecule has 0 saturated carbocycles. The topological polar surface area (TPSA) is 39.1 Å². The van der Waals surface area contributed by atoms with Crippen LogP contribution >= 0.6 is 0 Å². The van der Waals surface area contributed by atoms with Crippen LogP contribution in [-0.2, 0) is 11.3 Å². The summed E-state index contributed by atoms with van der Waals surface area (Å²) in [5.74, 6) is 0. The predicted molar refractivity (Wildman–Crippen MR) is 61.2 cm³/mol. The molecule has 0 saturated heterocycles. The normalized spacial score (nSPS) is 12.3. The van der Waals surface area contributed by atoms with Gasteiger partial charge in [0.05, 0.1) is 18.6 Å². The standard InChI is InChI=1S/C11H18F3N3O/c1-9(2)17-8-16-6-10(17)5-15-3-4-18-7-11(12,13)14/h6,8-9,15H,3-5,7H2,1-2H3. The largest absolute Gasteiger partial charge is 0.411 e. The molecule has 0 spiro atoms. The lowest BCUT2D eigenvalue weighted by atomic mass is 10.3. The Hall–Kier alpha value is -1.08. The molecule has 0 atom stereocenters. The summed E-state index contributed by atoms with van der Waals surface area (Å²) in [7, 11) is 0. The fourth-order valence-electron chi connectivity index (χ4n) is 1.48. The molecule has 1 N–H and O–H groups in total. The second kappa shape index (κ2) is 6.75. The van der Waals surface area contributed by atoms with E-state index in [1.807, 2.05) is 18.4 Å². The van der Waals surface area contributed by atoms with Gasteiger partial charge in [-0.3, -0.25) is 0 Å². The zero-order chi connectivity index (χ0) is 13.6. The smallest absolute Gasteiger partial charge is 0.371 e. The highest BCUT2D eigenvalue weighted by Crippen LogP contribution is 2.14. The molecule has 0 radical (unpaired) electrons. The number of alkyl halides is 3. The van der Waals surface area contributed by atoms with Gasteiger partial charge in [0.2, 0.25) is 0 Å². The first-order valence-electron chi connectivity index (χ1n) is 5.76. The molecule has 4 nitrogen and oxygen atoms in total. The van der Waals surface area contributed by atoms with E-state index in [1.54, 1.807) is 12.5 Å². The minimum Gasteiger partial charge on any atom is -0.371 e. The number of ether oxygens (including phenoxy) is 1. The number of hydrogen-bond acceptors (Lipinski definition) is 3. The highest BCUT2D eigenvalue weighted by molar-refractivity contribution is 4.99. The molecule has 7 heteroatoms. The Kier molecular flexibility index (Phi) is 5.61. The van der Waals surface area contributed by atoms with Gasteiger partial charge in [-0.05, 0) is 13.8 Å². The fraction of sp³-hybridized carbons (Fsp3) is 0.727. The Bertz CT molecular complexity index is 350. The summed E-state index contributed by atoms with van der Waals surface area (Å²) in [6, 6.07) is 0.311. The quantitative estimate of drug-likeness (QED) is 0.768. The van der Waals surface area contributed by atoms with Gasteiger partial charge in [-0.25, -0.2) is 4.98 Å². The summed E-state index contributed by atoms with van der Waals surface area (Å²) < 4.78 is 41.8. The van der Waals surface area contributed by atoms with E-state index in [1.165, 1.54) is 0 Å². The van der Waals surface area contributed by atoms with Gasteiger partial charge in [0.25, 0.3) is 0 Å². The van der Waals surface area contributed by atoms with Crippen LogP contribution in [0.3, 0.4) is 0 Å². The van der Waals surface area contributed by atoms with E-state index in [9.17, 15) is 13.2 Å². The number of imidazole rings is 1. The molecule has 0 aromatic carbocycles. The van der Waals surface area contributed by atoms with Gasteiger partial charge in [0.15, 0.2) is 0 Å². The molecular weight excluding hydrogens is 247 g/mol. The molecular formula is C11H18F3N3O. The molecule has 0 bridgehead atoms. The number of nitrogens with one attached hydrogen (secondary N) is 1.